The van der Waals surface area contributed by atoms with Crippen molar-refractivity contribution in [3.8, 4) is 22.8 Å². The predicted molar refractivity (Wildman–Crippen MR) is 142 cm³/mol. The Hall–Kier alpha value is -4.07. The van der Waals surface area contributed by atoms with Crippen molar-refractivity contribution < 1.29 is 14.3 Å². The fraction of sp³-hybridized carbons (Fsp3) is 0.345. The van der Waals surface area contributed by atoms with Gasteiger partial charge >= 0.3 is 0 Å². The Morgan fingerprint density at radius 2 is 1.89 bits per heavy atom. The van der Waals surface area contributed by atoms with Crippen LogP contribution in [0.2, 0.25) is 0 Å². The molecule has 0 saturated carbocycles. The molecular weight excluding hydrogens is 466 g/mol. The lowest BCUT2D eigenvalue weighted by Crippen LogP contribution is -2.31. The lowest BCUT2D eigenvalue weighted by molar-refractivity contribution is 0.0739. The molecule has 3 heterocycles. The number of rotatable bonds is 11. The van der Waals surface area contributed by atoms with Crippen molar-refractivity contribution in [2.24, 2.45) is 0 Å². The fourth-order valence-corrected chi connectivity index (χ4v) is 4.85. The van der Waals surface area contributed by atoms with Crippen molar-refractivity contribution in [2.45, 2.75) is 45.7 Å². The number of hydrogen-bond acceptors (Lipinski definition) is 5. The molecule has 1 aliphatic rings. The maximum absolute atomic E-state index is 13.6. The lowest BCUT2D eigenvalue weighted by atomic mass is 9.95. The Bertz CT molecular complexity index is 1340. The van der Waals surface area contributed by atoms with Gasteiger partial charge in [0.2, 0.25) is 0 Å². The second-order valence-electron chi connectivity index (χ2n) is 9.39. The van der Waals surface area contributed by atoms with Gasteiger partial charge in [0.05, 0.1) is 31.8 Å². The molecule has 8 heteroatoms. The number of amides is 1. The van der Waals surface area contributed by atoms with Gasteiger partial charge in [0.25, 0.3) is 5.91 Å². The van der Waals surface area contributed by atoms with E-state index in [2.05, 4.69) is 53.3 Å². The first-order chi connectivity index (χ1) is 18.1. The summed E-state index contributed by atoms with van der Waals surface area (Å²) in [5, 5.41) is 7.63. The van der Waals surface area contributed by atoms with E-state index < -0.39 is 0 Å². The Morgan fingerprint density at radius 1 is 1.05 bits per heavy atom. The second kappa shape index (κ2) is 10.9. The zero-order valence-electron chi connectivity index (χ0n) is 21.6. The minimum atomic E-state index is -0.293. The first kappa shape index (κ1) is 24.6. The van der Waals surface area contributed by atoms with Crippen molar-refractivity contribution in [3.63, 3.8) is 0 Å². The van der Waals surface area contributed by atoms with Crippen molar-refractivity contribution in [1.29, 1.82) is 0 Å². The highest BCUT2D eigenvalue weighted by atomic mass is 16.5. The average molecular weight is 500 g/mol. The highest BCUT2D eigenvalue weighted by Crippen LogP contribution is 2.44. The molecule has 2 aromatic heterocycles. The molecule has 5 rings (SSSR count). The summed E-state index contributed by atoms with van der Waals surface area (Å²) in [7, 11) is 1.65. The van der Waals surface area contributed by atoms with E-state index in [0.29, 0.717) is 30.3 Å². The van der Waals surface area contributed by atoms with E-state index in [1.165, 1.54) is 5.56 Å². The van der Waals surface area contributed by atoms with E-state index in [9.17, 15) is 4.79 Å². The normalized spacial score (nSPS) is 14.7. The summed E-state index contributed by atoms with van der Waals surface area (Å²) < 4.78 is 13.7. The average Bonchev–Trinajstić information content (AvgIpc) is 3.64. The number of H-pyrrole nitrogens is 1. The van der Waals surface area contributed by atoms with Crippen LogP contribution in [0.5, 0.6) is 11.5 Å². The molecule has 0 radical (unpaired) electrons. The van der Waals surface area contributed by atoms with Crippen LogP contribution in [-0.4, -0.2) is 50.8 Å². The maximum atomic E-state index is 13.6. The number of fused-ring (bicyclic) bond motifs is 1. The van der Waals surface area contributed by atoms with Crippen LogP contribution in [0.4, 0.5) is 0 Å². The lowest BCUT2D eigenvalue weighted by Gasteiger charge is -2.27. The number of aromatic nitrogens is 4. The van der Waals surface area contributed by atoms with Crippen LogP contribution in [0, 0.1) is 6.92 Å². The Balaban J connectivity index is 1.52. The zero-order valence-corrected chi connectivity index (χ0v) is 21.6. The third-order valence-corrected chi connectivity index (χ3v) is 6.82. The number of aryl methyl sites for hydroxylation is 2. The van der Waals surface area contributed by atoms with E-state index in [1.807, 2.05) is 33.9 Å². The van der Waals surface area contributed by atoms with E-state index in [-0.39, 0.29) is 11.9 Å². The SMILES string of the molecule is CCCCOc1ccc(C2c3c(-c4ccc(C)cc4)n[nH]c3C(=O)N2CCCn2ccnc2)cc1OC. The molecule has 1 atom stereocenters. The van der Waals surface area contributed by atoms with E-state index in [0.717, 1.165) is 48.2 Å². The Labute approximate surface area is 217 Å². The number of hydrogen-bond donors (Lipinski definition) is 1. The summed E-state index contributed by atoms with van der Waals surface area (Å²) in [5.41, 5.74) is 5.36. The molecule has 4 aromatic rings. The number of methoxy groups -OCH3 is 1. The van der Waals surface area contributed by atoms with E-state index in [4.69, 9.17) is 9.47 Å². The number of carbonyl (C=O) groups is 1. The number of aromatic amines is 1. The van der Waals surface area contributed by atoms with Crippen molar-refractivity contribution in [2.75, 3.05) is 20.3 Å². The molecule has 1 unspecified atom stereocenters. The highest BCUT2D eigenvalue weighted by molar-refractivity contribution is 6.00. The van der Waals surface area contributed by atoms with Gasteiger partial charge in [-0.15, -0.1) is 0 Å². The summed E-state index contributed by atoms with van der Waals surface area (Å²) >= 11 is 0. The standard InChI is InChI=1S/C29H33N5O3/c1-4-5-17-37-23-12-11-22(18-24(23)36-3)28-25-26(21-9-7-20(2)8-10-21)31-32-27(25)29(35)34(28)15-6-14-33-16-13-30-19-33/h7-13,16,18-19,28H,4-6,14-15,17H2,1-3H3,(H,31,32). The van der Waals surface area contributed by atoms with Crippen LogP contribution in [-0.2, 0) is 6.54 Å². The third-order valence-electron chi connectivity index (χ3n) is 6.82. The number of nitrogens with zero attached hydrogens (tertiary/aromatic N) is 4. The molecule has 0 bridgehead atoms. The number of carbonyl (C=O) groups excluding carboxylic acids is 1. The van der Waals surface area contributed by atoms with Crippen LogP contribution in [0.15, 0.2) is 61.2 Å². The summed E-state index contributed by atoms with van der Waals surface area (Å²) in [6, 6.07) is 13.9. The summed E-state index contributed by atoms with van der Waals surface area (Å²) in [5.74, 6) is 1.33. The van der Waals surface area contributed by atoms with Gasteiger partial charge in [-0.1, -0.05) is 49.2 Å². The fourth-order valence-electron chi connectivity index (χ4n) is 4.85. The molecule has 1 aliphatic heterocycles. The summed E-state index contributed by atoms with van der Waals surface area (Å²) in [6.07, 6.45) is 8.34. The van der Waals surface area contributed by atoms with Gasteiger partial charge in [-0.05, 0) is 37.5 Å². The van der Waals surface area contributed by atoms with Gasteiger partial charge in [-0.25, -0.2) is 4.98 Å². The van der Waals surface area contributed by atoms with Crippen molar-refractivity contribution in [3.05, 3.63) is 83.6 Å². The minimum absolute atomic E-state index is 0.0428. The van der Waals surface area contributed by atoms with Gasteiger partial charge in [0.15, 0.2) is 11.5 Å². The van der Waals surface area contributed by atoms with Crippen LogP contribution in [0.25, 0.3) is 11.3 Å². The topological polar surface area (TPSA) is 85.3 Å². The van der Waals surface area contributed by atoms with Gasteiger partial charge in [-0.3, -0.25) is 9.89 Å². The number of ether oxygens (including phenoxy) is 2. The first-order valence-electron chi connectivity index (χ1n) is 12.8. The van der Waals surface area contributed by atoms with E-state index >= 15 is 0 Å². The zero-order chi connectivity index (χ0) is 25.8. The van der Waals surface area contributed by atoms with Gasteiger partial charge < -0.3 is 18.9 Å². The van der Waals surface area contributed by atoms with Crippen LogP contribution >= 0.6 is 0 Å². The molecule has 8 nitrogen and oxygen atoms in total. The molecule has 37 heavy (non-hydrogen) atoms. The van der Waals surface area contributed by atoms with Gasteiger partial charge in [0, 0.05) is 36.6 Å². The number of imidazole rings is 1. The molecule has 0 aliphatic carbocycles. The van der Waals surface area contributed by atoms with E-state index in [1.54, 1.807) is 19.6 Å². The largest absolute Gasteiger partial charge is 0.493 e. The molecule has 0 spiro atoms. The van der Waals surface area contributed by atoms with Crippen LogP contribution < -0.4 is 9.47 Å². The number of nitrogens with one attached hydrogen (secondary N) is 1. The third kappa shape index (κ3) is 4.96. The molecule has 0 saturated heterocycles. The Kier molecular flexibility index (Phi) is 7.25. The quantitative estimate of drug-likeness (QED) is 0.279. The summed E-state index contributed by atoms with van der Waals surface area (Å²) in [4.78, 5) is 19.7. The first-order valence-corrected chi connectivity index (χ1v) is 12.8. The van der Waals surface area contributed by atoms with Crippen molar-refractivity contribution in [1.82, 2.24) is 24.6 Å². The molecular formula is C29H33N5O3. The van der Waals surface area contributed by atoms with Crippen LogP contribution in [0.1, 0.15) is 59.4 Å². The smallest absolute Gasteiger partial charge is 0.273 e. The van der Waals surface area contributed by atoms with Crippen LogP contribution in [0.3, 0.4) is 0 Å². The van der Waals surface area contributed by atoms with Gasteiger partial charge in [-0.2, -0.15) is 5.10 Å². The molecule has 1 amide bonds. The number of unbranched alkanes of at least 4 members (excludes halogenated alkanes) is 1. The maximum Gasteiger partial charge on any atom is 0.273 e. The Morgan fingerprint density at radius 3 is 2.62 bits per heavy atom. The highest BCUT2D eigenvalue weighted by Gasteiger charge is 2.42. The molecule has 1 N–H and O–H groups in total. The van der Waals surface area contributed by atoms with Crippen molar-refractivity contribution >= 4 is 5.91 Å². The second-order valence-corrected chi connectivity index (χ2v) is 9.39. The number of benzene rings is 2. The molecule has 2 aromatic carbocycles. The predicted octanol–water partition coefficient (Wildman–Crippen LogP) is 5.40. The monoisotopic (exact) mass is 499 g/mol. The molecule has 0 fully saturated rings. The minimum Gasteiger partial charge on any atom is -0.493 e. The van der Waals surface area contributed by atoms with Gasteiger partial charge in [0.1, 0.15) is 5.69 Å². The summed E-state index contributed by atoms with van der Waals surface area (Å²) in [6.45, 7) is 6.20. The molecule has 192 valence electrons.